The first-order valence-corrected chi connectivity index (χ1v) is 5.47. The maximum absolute atomic E-state index is 13.1. The summed E-state index contributed by atoms with van der Waals surface area (Å²) in [7, 11) is 2.87. The lowest BCUT2D eigenvalue weighted by molar-refractivity contribution is -0.139. The lowest BCUT2D eigenvalue weighted by Crippen LogP contribution is -2.06. The molecule has 2 rings (SSSR count). The number of rotatable bonds is 3. The highest BCUT2D eigenvalue weighted by Crippen LogP contribution is 2.30. The molecule has 0 unspecified atom stereocenters. The Balaban J connectivity index is 2.55. The van der Waals surface area contributed by atoms with Gasteiger partial charge in [0, 0.05) is 10.9 Å². The van der Waals surface area contributed by atoms with Crippen LogP contribution in [-0.2, 0) is 16.0 Å². The molecule has 0 aliphatic carbocycles. The minimum absolute atomic E-state index is 0.132. The summed E-state index contributed by atoms with van der Waals surface area (Å²) in [6, 6.07) is 7.95. The molecule has 0 bridgehead atoms. The quantitative estimate of drug-likeness (QED) is 0.783. The van der Waals surface area contributed by atoms with Gasteiger partial charge in [0.15, 0.2) is 0 Å². The molecule has 0 heterocycles. The highest BCUT2D eigenvalue weighted by molar-refractivity contribution is 5.91. The number of hydrogen-bond donors (Lipinski definition) is 0. The summed E-state index contributed by atoms with van der Waals surface area (Å²) in [6.07, 6.45) is 0.132. The minimum atomic E-state index is -0.338. The van der Waals surface area contributed by atoms with Crippen molar-refractivity contribution in [3.63, 3.8) is 0 Å². The monoisotopic (exact) mass is 248 g/mol. The van der Waals surface area contributed by atoms with Gasteiger partial charge in [0.2, 0.25) is 0 Å². The summed E-state index contributed by atoms with van der Waals surface area (Å²) in [5.41, 5.74) is 0.725. The molecule has 0 radical (unpaired) electrons. The molecule has 4 heteroatoms. The summed E-state index contributed by atoms with van der Waals surface area (Å²) in [5, 5.41) is 1.51. The van der Waals surface area contributed by atoms with Crippen molar-refractivity contribution in [1.82, 2.24) is 0 Å². The van der Waals surface area contributed by atoms with Gasteiger partial charge in [0.25, 0.3) is 0 Å². The van der Waals surface area contributed by atoms with E-state index in [2.05, 4.69) is 4.74 Å². The second kappa shape index (κ2) is 5.04. The Bertz CT molecular complexity index is 593. The second-order valence-electron chi connectivity index (χ2n) is 3.88. The fraction of sp³-hybridized carbons (Fsp3) is 0.214. The third-order valence-corrected chi connectivity index (χ3v) is 2.78. The van der Waals surface area contributed by atoms with E-state index < -0.39 is 0 Å². The lowest BCUT2D eigenvalue weighted by atomic mass is 10.0. The highest BCUT2D eigenvalue weighted by Gasteiger charge is 2.12. The molecule has 0 saturated carbocycles. The topological polar surface area (TPSA) is 35.5 Å². The molecule has 0 atom stereocenters. The maximum Gasteiger partial charge on any atom is 0.310 e. The summed E-state index contributed by atoms with van der Waals surface area (Å²) >= 11 is 0. The predicted octanol–water partition coefficient (Wildman–Crippen LogP) is 2.70. The van der Waals surface area contributed by atoms with Crippen LogP contribution in [0.25, 0.3) is 10.8 Å². The first-order valence-electron chi connectivity index (χ1n) is 5.47. The largest absolute Gasteiger partial charge is 0.496 e. The SMILES string of the molecule is COC(=O)Cc1ccc2cc(F)ccc2c1OC. The number of carbonyl (C=O) groups excluding carboxylic acids is 1. The molecular formula is C14H13FO3. The van der Waals surface area contributed by atoms with Gasteiger partial charge >= 0.3 is 5.97 Å². The smallest absolute Gasteiger partial charge is 0.310 e. The van der Waals surface area contributed by atoms with Crippen molar-refractivity contribution in [2.45, 2.75) is 6.42 Å². The Labute approximate surface area is 104 Å². The van der Waals surface area contributed by atoms with Crippen molar-refractivity contribution in [3.8, 4) is 5.75 Å². The van der Waals surface area contributed by atoms with E-state index in [-0.39, 0.29) is 18.2 Å². The van der Waals surface area contributed by atoms with Crippen LogP contribution in [0.3, 0.4) is 0 Å². The summed E-state index contributed by atoms with van der Waals surface area (Å²) in [6.45, 7) is 0. The van der Waals surface area contributed by atoms with Crippen LogP contribution in [0.1, 0.15) is 5.56 Å². The van der Waals surface area contributed by atoms with Crippen LogP contribution in [0.4, 0.5) is 4.39 Å². The van der Waals surface area contributed by atoms with Crippen LogP contribution in [0.2, 0.25) is 0 Å². The Morgan fingerprint density at radius 3 is 2.67 bits per heavy atom. The molecule has 18 heavy (non-hydrogen) atoms. The van der Waals surface area contributed by atoms with E-state index in [0.29, 0.717) is 5.75 Å². The van der Waals surface area contributed by atoms with Gasteiger partial charge in [-0.05, 0) is 23.6 Å². The molecule has 0 amide bonds. The van der Waals surface area contributed by atoms with Crippen LogP contribution in [0.5, 0.6) is 5.75 Å². The molecule has 0 spiro atoms. The van der Waals surface area contributed by atoms with E-state index in [1.165, 1.54) is 26.4 Å². The van der Waals surface area contributed by atoms with Crippen molar-refractivity contribution < 1.29 is 18.7 Å². The van der Waals surface area contributed by atoms with Crippen LogP contribution in [-0.4, -0.2) is 20.2 Å². The number of hydrogen-bond acceptors (Lipinski definition) is 3. The Morgan fingerprint density at radius 2 is 2.00 bits per heavy atom. The van der Waals surface area contributed by atoms with Crippen LogP contribution < -0.4 is 4.74 Å². The molecule has 0 N–H and O–H groups in total. The van der Waals surface area contributed by atoms with E-state index in [4.69, 9.17) is 4.74 Å². The summed E-state index contributed by atoms with van der Waals surface area (Å²) in [4.78, 5) is 11.3. The second-order valence-corrected chi connectivity index (χ2v) is 3.88. The van der Waals surface area contributed by atoms with Crippen molar-refractivity contribution in [2.24, 2.45) is 0 Å². The number of fused-ring (bicyclic) bond motifs is 1. The number of ether oxygens (including phenoxy) is 2. The van der Waals surface area contributed by atoms with Gasteiger partial charge < -0.3 is 9.47 Å². The number of halogens is 1. The van der Waals surface area contributed by atoms with E-state index in [0.717, 1.165) is 16.3 Å². The molecule has 0 saturated heterocycles. The number of carbonyl (C=O) groups is 1. The number of benzene rings is 2. The number of esters is 1. The first kappa shape index (κ1) is 12.4. The highest BCUT2D eigenvalue weighted by atomic mass is 19.1. The van der Waals surface area contributed by atoms with E-state index >= 15 is 0 Å². The molecular weight excluding hydrogens is 235 g/mol. The van der Waals surface area contributed by atoms with Gasteiger partial charge in [-0.1, -0.05) is 12.1 Å². The van der Waals surface area contributed by atoms with Crippen LogP contribution in [0.15, 0.2) is 30.3 Å². The van der Waals surface area contributed by atoms with Gasteiger partial charge in [-0.25, -0.2) is 4.39 Å². The average molecular weight is 248 g/mol. The molecule has 3 nitrogen and oxygen atoms in total. The molecule has 2 aromatic carbocycles. The number of methoxy groups -OCH3 is 2. The molecule has 0 aromatic heterocycles. The van der Waals surface area contributed by atoms with Gasteiger partial charge in [-0.3, -0.25) is 4.79 Å². The predicted molar refractivity (Wildman–Crippen MR) is 66.2 cm³/mol. The zero-order valence-corrected chi connectivity index (χ0v) is 10.2. The van der Waals surface area contributed by atoms with Gasteiger partial charge in [-0.2, -0.15) is 0 Å². The Hall–Kier alpha value is -2.10. The van der Waals surface area contributed by atoms with E-state index in [1.807, 2.05) is 0 Å². The molecule has 2 aromatic rings. The zero-order valence-electron chi connectivity index (χ0n) is 10.2. The molecule has 0 aliphatic heterocycles. The third-order valence-electron chi connectivity index (χ3n) is 2.78. The average Bonchev–Trinajstić information content (AvgIpc) is 2.38. The van der Waals surface area contributed by atoms with Crippen molar-refractivity contribution in [3.05, 3.63) is 41.7 Å². The fourth-order valence-corrected chi connectivity index (χ4v) is 1.93. The van der Waals surface area contributed by atoms with Crippen LogP contribution in [0, 0.1) is 5.82 Å². The van der Waals surface area contributed by atoms with Crippen molar-refractivity contribution >= 4 is 16.7 Å². The zero-order chi connectivity index (χ0) is 13.1. The molecule has 0 aliphatic rings. The van der Waals surface area contributed by atoms with Crippen molar-refractivity contribution in [2.75, 3.05) is 14.2 Å². The van der Waals surface area contributed by atoms with Crippen molar-refractivity contribution in [1.29, 1.82) is 0 Å². The lowest BCUT2D eigenvalue weighted by Gasteiger charge is -2.11. The first-order chi connectivity index (χ1) is 8.65. The Morgan fingerprint density at radius 1 is 1.22 bits per heavy atom. The molecule has 94 valence electrons. The van der Waals surface area contributed by atoms with E-state index in [9.17, 15) is 9.18 Å². The van der Waals surface area contributed by atoms with Gasteiger partial charge in [0.1, 0.15) is 11.6 Å². The normalized spacial score (nSPS) is 10.4. The summed E-state index contributed by atoms with van der Waals surface area (Å²) in [5.74, 6) is -0.0575. The van der Waals surface area contributed by atoms with E-state index in [1.54, 1.807) is 18.2 Å². The summed E-state index contributed by atoms with van der Waals surface area (Å²) < 4.78 is 23.1. The fourth-order valence-electron chi connectivity index (χ4n) is 1.93. The maximum atomic E-state index is 13.1. The Kier molecular flexibility index (Phi) is 3.46. The standard InChI is InChI=1S/C14H13FO3/c1-17-13(16)8-10-4-3-9-7-11(15)5-6-12(9)14(10)18-2/h3-7H,8H2,1-2H3. The van der Waals surface area contributed by atoms with Crippen LogP contribution >= 0.6 is 0 Å². The molecule has 0 fully saturated rings. The minimum Gasteiger partial charge on any atom is -0.496 e. The van der Waals surface area contributed by atoms with Gasteiger partial charge in [-0.15, -0.1) is 0 Å². The van der Waals surface area contributed by atoms with Gasteiger partial charge in [0.05, 0.1) is 20.6 Å². The third kappa shape index (κ3) is 2.27.